The van der Waals surface area contributed by atoms with Crippen LogP contribution in [0, 0.1) is 5.92 Å². The van der Waals surface area contributed by atoms with Crippen LogP contribution in [-0.2, 0) is 14.3 Å². The number of hydrogen-bond donors (Lipinski definition) is 0. The third kappa shape index (κ3) is 3.32. The lowest BCUT2D eigenvalue weighted by Crippen LogP contribution is -2.03. The van der Waals surface area contributed by atoms with Gasteiger partial charge in [0.25, 0.3) is 0 Å². The largest absolute Gasteiger partial charge is 0.393 e. The smallest absolute Gasteiger partial charge is 0.321 e. The Morgan fingerprint density at radius 3 is 2.79 bits per heavy atom. The number of carbonyl (C=O) groups excluding carboxylic acids is 2. The molecule has 1 unspecified atom stereocenters. The van der Waals surface area contributed by atoms with E-state index < -0.39 is 11.9 Å². The van der Waals surface area contributed by atoms with Crippen LogP contribution in [-0.4, -0.2) is 11.9 Å². The van der Waals surface area contributed by atoms with Gasteiger partial charge in [0.2, 0.25) is 0 Å². The molecule has 3 nitrogen and oxygen atoms in total. The third-order valence-corrected chi connectivity index (χ3v) is 2.25. The number of hydrogen-bond acceptors (Lipinski definition) is 3. The Kier molecular flexibility index (Phi) is 4.36. The summed E-state index contributed by atoms with van der Waals surface area (Å²) < 4.78 is 4.42. The molecule has 1 saturated heterocycles. The van der Waals surface area contributed by atoms with Crippen LogP contribution in [0.15, 0.2) is 12.2 Å². The minimum atomic E-state index is -0.404. The summed E-state index contributed by atoms with van der Waals surface area (Å²) in [4.78, 5) is 21.7. The van der Waals surface area contributed by atoms with Crippen molar-refractivity contribution in [2.24, 2.45) is 5.92 Å². The summed E-state index contributed by atoms with van der Waals surface area (Å²) in [6, 6.07) is 0. The fraction of sp³-hybridized carbons (Fsp3) is 0.636. The van der Waals surface area contributed by atoms with Crippen molar-refractivity contribution in [3.63, 3.8) is 0 Å². The highest BCUT2D eigenvalue weighted by atomic mass is 16.6. The second-order valence-corrected chi connectivity index (χ2v) is 3.53. The molecular weight excluding hydrogens is 180 g/mol. The highest BCUT2D eigenvalue weighted by molar-refractivity contribution is 5.95. The second kappa shape index (κ2) is 5.58. The fourth-order valence-electron chi connectivity index (χ4n) is 1.41. The van der Waals surface area contributed by atoms with Crippen molar-refractivity contribution in [3.05, 3.63) is 12.2 Å². The third-order valence-electron chi connectivity index (χ3n) is 2.25. The molecule has 1 atom stereocenters. The van der Waals surface area contributed by atoms with E-state index in [2.05, 4.69) is 11.7 Å². The summed E-state index contributed by atoms with van der Waals surface area (Å²) in [6.45, 7) is 2.15. The van der Waals surface area contributed by atoms with Gasteiger partial charge in [0.15, 0.2) is 0 Å². The van der Waals surface area contributed by atoms with E-state index in [9.17, 15) is 9.59 Å². The second-order valence-electron chi connectivity index (χ2n) is 3.53. The summed E-state index contributed by atoms with van der Waals surface area (Å²) >= 11 is 0. The number of allylic oxidation sites excluding steroid dienone is 1. The van der Waals surface area contributed by atoms with Crippen molar-refractivity contribution in [2.75, 3.05) is 0 Å². The van der Waals surface area contributed by atoms with Crippen LogP contribution in [0.4, 0.5) is 0 Å². The molecule has 0 aromatic carbocycles. The van der Waals surface area contributed by atoms with Gasteiger partial charge in [0.05, 0.1) is 12.3 Å². The zero-order valence-electron chi connectivity index (χ0n) is 8.49. The van der Waals surface area contributed by atoms with Gasteiger partial charge in [-0.05, 0) is 12.8 Å². The van der Waals surface area contributed by atoms with Crippen LogP contribution in [0.3, 0.4) is 0 Å². The summed E-state index contributed by atoms with van der Waals surface area (Å²) in [7, 11) is 0. The lowest BCUT2D eigenvalue weighted by molar-refractivity contribution is -0.152. The molecule has 14 heavy (non-hydrogen) atoms. The van der Waals surface area contributed by atoms with Crippen LogP contribution in [0.25, 0.3) is 0 Å². The number of ether oxygens (including phenoxy) is 1. The lowest BCUT2D eigenvalue weighted by Gasteiger charge is -1.95. The minimum Gasteiger partial charge on any atom is -0.393 e. The molecule has 0 radical (unpaired) electrons. The number of unbranched alkanes of at least 4 members (excludes halogenated alkanes) is 3. The molecule has 0 spiro atoms. The van der Waals surface area contributed by atoms with E-state index in [4.69, 9.17) is 0 Å². The van der Waals surface area contributed by atoms with Gasteiger partial charge in [-0.15, -0.1) is 0 Å². The minimum absolute atomic E-state index is 0.211. The predicted octanol–water partition coefficient (Wildman–Crippen LogP) is 2.21. The van der Waals surface area contributed by atoms with Crippen molar-refractivity contribution in [2.45, 2.75) is 39.0 Å². The molecule has 78 valence electrons. The number of carbonyl (C=O) groups is 2. The molecule has 0 amide bonds. The standard InChI is InChI=1S/C11H16O3/c1-2-3-4-5-6-7-9-8-10(12)14-11(9)13/h6-7,9H,2-5,8H2,1H3/b7-6+. The molecule has 0 aliphatic carbocycles. The van der Waals surface area contributed by atoms with Crippen LogP contribution >= 0.6 is 0 Å². The van der Waals surface area contributed by atoms with Crippen molar-refractivity contribution in [1.29, 1.82) is 0 Å². The molecule has 0 bridgehead atoms. The molecule has 0 N–H and O–H groups in total. The van der Waals surface area contributed by atoms with Crippen LogP contribution < -0.4 is 0 Å². The van der Waals surface area contributed by atoms with E-state index in [0.29, 0.717) is 0 Å². The Balaban J connectivity index is 2.23. The van der Waals surface area contributed by atoms with Crippen LogP contribution in [0.5, 0.6) is 0 Å². The maximum absolute atomic E-state index is 11.0. The Hall–Kier alpha value is -1.12. The van der Waals surface area contributed by atoms with E-state index in [0.717, 1.165) is 12.8 Å². The van der Waals surface area contributed by atoms with E-state index in [1.165, 1.54) is 12.8 Å². The number of esters is 2. The zero-order chi connectivity index (χ0) is 10.4. The highest BCUT2D eigenvalue weighted by Crippen LogP contribution is 2.17. The first-order valence-corrected chi connectivity index (χ1v) is 5.15. The van der Waals surface area contributed by atoms with E-state index in [1.807, 2.05) is 6.08 Å². The topological polar surface area (TPSA) is 43.4 Å². The van der Waals surface area contributed by atoms with Gasteiger partial charge in [-0.1, -0.05) is 31.9 Å². The van der Waals surface area contributed by atoms with Gasteiger partial charge >= 0.3 is 11.9 Å². The highest BCUT2D eigenvalue weighted by Gasteiger charge is 2.30. The van der Waals surface area contributed by atoms with Crippen LogP contribution in [0.2, 0.25) is 0 Å². The van der Waals surface area contributed by atoms with Gasteiger partial charge < -0.3 is 4.74 Å². The molecule has 3 heteroatoms. The van der Waals surface area contributed by atoms with Crippen LogP contribution in [0.1, 0.15) is 39.0 Å². The number of rotatable bonds is 5. The molecule has 0 aromatic heterocycles. The van der Waals surface area contributed by atoms with Crippen molar-refractivity contribution in [1.82, 2.24) is 0 Å². The van der Waals surface area contributed by atoms with Crippen molar-refractivity contribution >= 4 is 11.9 Å². The summed E-state index contributed by atoms with van der Waals surface area (Å²) in [5.74, 6) is -1.14. The van der Waals surface area contributed by atoms with Crippen molar-refractivity contribution < 1.29 is 14.3 Å². The maximum Gasteiger partial charge on any atom is 0.321 e. The van der Waals surface area contributed by atoms with E-state index in [-0.39, 0.29) is 12.3 Å². The molecule has 0 saturated carbocycles. The first-order valence-electron chi connectivity index (χ1n) is 5.15. The molecule has 1 rings (SSSR count). The molecule has 1 heterocycles. The lowest BCUT2D eigenvalue weighted by atomic mass is 10.1. The molecule has 0 aromatic rings. The molecule has 1 aliphatic rings. The Morgan fingerprint density at radius 2 is 2.21 bits per heavy atom. The molecule has 1 aliphatic heterocycles. The zero-order valence-corrected chi connectivity index (χ0v) is 8.49. The van der Waals surface area contributed by atoms with Crippen molar-refractivity contribution in [3.8, 4) is 0 Å². The average molecular weight is 196 g/mol. The molecule has 1 fully saturated rings. The predicted molar refractivity (Wildman–Crippen MR) is 52.5 cm³/mol. The number of cyclic esters (lactones) is 2. The first kappa shape index (κ1) is 11.0. The SMILES string of the molecule is CCCCC/C=C/C1CC(=O)OC1=O. The monoisotopic (exact) mass is 196 g/mol. The van der Waals surface area contributed by atoms with E-state index in [1.54, 1.807) is 6.08 Å². The fourth-order valence-corrected chi connectivity index (χ4v) is 1.41. The first-order chi connectivity index (χ1) is 6.74. The summed E-state index contributed by atoms with van der Waals surface area (Å²) in [5, 5.41) is 0. The van der Waals surface area contributed by atoms with Gasteiger partial charge in [0, 0.05) is 0 Å². The Morgan fingerprint density at radius 1 is 1.43 bits per heavy atom. The normalized spacial score (nSPS) is 21.9. The maximum atomic E-state index is 11.0. The molecular formula is C11H16O3. The Labute approximate surface area is 84.1 Å². The summed E-state index contributed by atoms with van der Waals surface area (Å²) in [5.41, 5.74) is 0. The van der Waals surface area contributed by atoms with Gasteiger partial charge in [-0.25, -0.2) is 0 Å². The summed E-state index contributed by atoms with van der Waals surface area (Å²) in [6.07, 6.45) is 8.50. The Bertz CT molecular complexity index is 243. The van der Waals surface area contributed by atoms with Gasteiger partial charge in [-0.2, -0.15) is 0 Å². The van der Waals surface area contributed by atoms with E-state index >= 15 is 0 Å². The quantitative estimate of drug-likeness (QED) is 0.293. The van der Waals surface area contributed by atoms with Gasteiger partial charge in [-0.3, -0.25) is 9.59 Å². The van der Waals surface area contributed by atoms with Gasteiger partial charge in [0.1, 0.15) is 0 Å². The average Bonchev–Trinajstić information content (AvgIpc) is 2.45.